The third-order valence-corrected chi connectivity index (χ3v) is 4.19. The molecule has 2 rings (SSSR count). The van der Waals surface area contributed by atoms with Gasteiger partial charge in [0.1, 0.15) is 23.7 Å². The first-order chi connectivity index (χ1) is 13.8. The first kappa shape index (κ1) is 21.4. The number of amides is 1. The first-order valence-electron chi connectivity index (χ1n) is 8.57. The summed E-state index contributed by atoms with van der Waals surface area (Å²) in [6.07, 6.45) is 10.1. The van der Waals surface area contributed by atoms with Crippen molar-refractivity contribution >= 4 is 23.2 Å². The molecule has 0 saturated carbocycles. The molecule has 0 aliphatic carbocycles. The van der Waals surface area contributed by atoms with E-state index in [-0.39, 0.29) is 5.56 Å². The molecule has 1 amide bonds. The van der Waals surface area contributed by atoms with Crippen LogP contribution in [0, 0.1) is 18.2 Å². The highest BCUT2D eigenvalue weighted by atomic mass is 19.1. The van der Waals surface area contributed by atoms with Crippen LogP contribution in [0.5, 0.6) is 0 Å². The van der Waals surface area contributed by atoms with Crippen LogP contribution in [-0.4, -0.2) is 33.6 Å². The summed E-state index contributed by atoms with van der Waals surface area (Å²) in [7, 11) is 0. The van der Waals surface area contributed by atoms with Crippen molar-refractivity contribution in [1.29, 1.82) is 0 Å². The number of terminal acetylenes is 1. The van der Waals surface area contributed by atoms with Gasteiger partial charge in [-0.1, -0.05) is 24.1 Å². The predicted molar refractivity (Wildman–Crippen MR) is 108 cm³/mol. The smallest absolute Gasteiger partial charge is 0.322 e. The Balaban J connectivity index is 2.69. The molecule has 0 bridgehead atoms. The average Bonchev–Trinajstić information content (AvgIpc) is 2.72. The van der Waals surface area contributed by atoms with E-state index in [1.807, 2.05) is 0 Å². The molecule has 0 aliphatic heterocycles. The molecule has 3 N–H and O–H groups in total. The molecule has 148 valence electrons. The molecule has 0 unspecified atom stereocenters. The summed E-state index contributed by atoms with van der Waals surface area (Å²) in [6, 6.07) is 5.76. The largest absolute Gasteiger partial charge is 0.506 e. The molecule has 0 radical (unpaired) electrons. The van der Waals surface area contributed by atoms with Gasteiger partial charge in [0.15, 0.2) is 0 Å². The molecule has 1 aromatic carbocycles. The number of aliphatic hydroxyl groups is 1. The number of pyridine rings is 1. The summed E-state index contributed by atoms with van der Waals surface area (Å²) in [5.41, 5.74) is 2.35. The molecule has 0 saturated heterocycles. The Morgan fingerprint density at radius 1 is 1.24 bits per heavy atom. The van der Waals surface area contributed by atoms with E-state index in [1.165, 1.54) is 18.3 Å². The lowest BCUT2D eigenvalue weighted by molar-refractivity contribution is -0.137. The number of benzene rings is 1. The highest BCUT2D eigenvalue weighted by molar-refractivity contribution is 6.05. The Morgan fingerprint density at radius 3 is 2.45 bits per heavy atom. The Hall–Kier alpha value is -3.92. The standard InChI is InChI=1S/C22H19FN2O4/c1-4-13(3)20-17(14-6-8-15(23)9-7-14)10-24-11-18(20)21(28)16(5-2)22(29)25-12-19(26)27/h2,4,6-11,28H,12H2,1,3H3,(H,25,29)(H,26,27)/b13-4-,21-16-. The van der Waals surface area contributed by atoms with E-state index in [2.05, 4.69) is 16.2 Å². The van der Waals surface area contributed by atoms with Gasteiger partial charge in [-0.05, 0) is 42.7 Å². The summed E-state index contributed by atoms with van der Waals surface area (Å²) < 4.78 is 13.3. The molecule has 1 aromatic heterocycles. The van der Waals surface area contributed by atoms with Crippen LogP contribution in [0.25, 0.3) is 22.5 Å². The number of aromatic nitrogens is 1. The fraction of sp³-hybridized carbons (Fsp3) is 0.136. The van der Waals surface area contributed by atoms with Crippen molar-refractivity contribution in [1.82, 2.24) is 10.3 Å². The van der Waals surface area contributed by atoms with E-state index in [4.69, 9.17) is 11.5 Å². The normalized spacial score (nSPS) is 12.0. The monoisotopic (exact) mass is 394 g/mol. The van der Waals surface area contributed by atoms with Crippen LogP contribution in [0.4, 0.5) is 4.39 Å². The van der Waals surface area contributed by atoms with Crippen LogP contribution in [0.15, 0.2) is 48.3 Å². The van der Waals surface area contributed by atoms with Crippen LogP contribution in [0.2, 0.25) is 0 Å². The maximum Gasteiger partial charge on any atom is 0.322 e. The van der Waals surface area contributed by atoms with Gasteiger partial charge in [0.25, 0.3) is 5.91 Å². The summed E-state index contributed by atoms with van der Waals surface area (Å²) in [5.74, 6) is -0.952. The summed E-state index contributed by atoms with van der Waals surface area (Å²) >= 11 is 0. The molecule has 29 heavy (non-hydrogen) atoms. The Bertz CT molecular complexity index is 1050. The molecule has 7 heteroatoms. The van der Waals surface area contributed by atoms with Gasteiger partial charge in [0.05, 0.1) is 0 Å². The van der Waals surface area contributed by atoms with Crippen molar-refractivity contribution < 1.29 is 24.2 Å². The molecular formula is C22H19FN2O4. The lowest BCUT2D eigenvalue weighted by Gasteiger charge is -2.16. The molecular weight excluding hydrogens is 375 g/mol. The van der Waals surface area contributed by atoms with Gasteiger partial charge in [-0.3, -0.25) is 14.6 Å². The van der Waals surface area contributed by atoms with Gasteiger partial charge in [-0.2, -0.15) is 0 Å². The number of nitrogens with zero attached hydrogens (tertiary/aromatic N) is 1. The lowest BCUT2D eigenvalue weighted by atomic mass is 9.91. The van der Waals surface area contributed by atoms with Crippen molar-refractivity contribution in [3.8, 4) is 23.5 Å². The Kier molecular flexibility index (Phi) is 6.88. The van der Waals surface area contributed by atoms with Crippen molar-refractivity contribution in [2.75, 3.05) is 6.54 Å². The Morgan fingerprint density at radius 2 is 1.90 bits per heavy atom. The second kappa shape index (κ2) is 9.33. The molecule has 6 nitrogen and oxygen atoms in total. The van der Waals surface area contributed by atoms with Crippen LogP contribution < -0.4 is 5.32 Å². The molecule has 0 aliphatic rings. The van der Waals surface area contributed by atoms with Gasteiger partial charge in [-0.15, -0.1) is 6.42 Å². The minimum Gasteiger partial charge on any atom is -0.506 e. The van der Waals surface area contributed by atoms with Crippen LogP contribution in [0.3, 0.4) is 0 Å². The maximum absolute atomic E-state index is 13.3. The maximum atomic E-state index is 13.3. The zero-order valence-electron chi connectivity index (χ0n) is 15.9. The van der Waals surface area contributed by atoms with E-state index in [1.54, 1.807) is 38.3 Å². The van der Waals surface area contributed by atoms with Gasteiger partial charge in [0, 0.05) is 23.5 Å². The number of nitrogens with one attached hydrogen (secondary N) is 1. The number of carbonyl (C=O) groups is 2. The zero-order chi connectivity index (χ0) is 21.6. The molecule has 0 fully saturated rings. The Labute approximate surface area is 167 Å². The molecule has 0 atom stereocenters. The third-order valence-electron chi connectivity index (χ3n) is 4.19. The van der Waals surface area contributed by atoms with E-state index >= 15 is 0 Å². The number of carboxylic acids is 1. The molecule has 0 spiro atoms. The SMILES string of the molecule is C#C/C(C(=O)NCC(=O)O)=C(/O)c1cncc(-c2ccc(F)cc2)c1/C(C)=C\C. The van der Waals surface area contributed by atoms with Crippen molar-refractivity contribution in [3.63, 3.8) is 0 Å². The molecule has 1 heterocycles. The number of allylic oxidation sites excluding steroid dienone is 2. The summed E-state index contributed by atoms with van der Waals surface area (Å²) in [6.45, 7) is 2.96. The van der Waals surface area contributed by atoms with E-state index < -0.39 is 35.6 Å². The van der Waals surface area contributed by atoms with E-state index in [9.17, 15) is 19.1 Å². The molecule has 2 aromatic rings. The number of carboxylic acid groups (broad SMARTS) is 1. The van der Waals surface area contributed by atoms with Crippen molar-refractivity contribution in [3.05, 3.63) is 65.3 Å². The second-order valence-corrected chi connectivity index (χ2v) is 6.03. The fourth-order valence-electron chi connectivity index (χ4n) is 2.68. The highest BCUT2D eigenvalue weighted by Crippen LogP contribution is 2.34. The summed E-state index contributed by atoms with van der Waals surface area (Å²) in [5, 5.41) is 21.6. The number of hydrogen-bond acceptors (Lipinski definition) is 4. The van der Waals surface area contributed by atoms with Gasteiger partial charge in [0.2, 0.25) is 0 Å². The van der Waals surface area contributed by atoms with Crippen LogP contribution in [-0.2, 0) is 9.59 Å². The van der Waals surface area contributed by atoms with E-state index in [0.717, 1.165) is 5.57 Å². The van der Waals surface area contributed by atoms with Crippen LogP contribution >= 0.6 is 0 Å². The predicted octanol–water partition coefficient (Wildman–Crippen LogP) is 3.41. The van der Waals surface area contributed by atoms with Crippen molar-refractivity contribution in [2.24, 2.45) is 0 Å². The fourth-order valence-corrected chi connectivity index (χ4v) is 2.68. The number of halogens is 1. The number of aliphatic hydroxyl groups excluding tert-OH is 1. The lowest BCUT2D eigenvalue weighted by Crippen LogP contribution is -2.30. The van der Waals surface area contributed by atoms with E-state index in [0.29, 0.717) is 16.7 Å². The number of carbonyl (C=O) groups excluding carboxylic acids is 1. The number of aliphatic carboxylic acids is 1. The summed E-state index contributed by atoms with van der Waals surface area (Å²) in [4.78, 5) is 27.0. The highest BCUT2D eigenvalue weighted by Gasteiger charge is 2.21. The average molecular weight is 394 g/mol. The minimum atomic E-state index is -1.25. The minimum absolute atomic E-state index is 0.195. The van der Waals surface area contributed by atoms with Gasteiger partial charge >= 0.3 is 5.97 Å². The second-order valence-electron chi connectivity index (χ2n) is 6.03. The first-order valence-corrected chi connectivity index (χ1v) is 8.57. The zero-order valence-corrected chi connectivity index (χ0v) is 15.9. The quantitative estimate of drug-likeness (QED) is 0.396. The topological polar surface area (TPSA) is 99.5 Å². The van der Waals surface area contributed by atoms with Crippen molar-refractivity contribution in [2.45, 2.75) is 13.8 Å². The van der Waals surface area contributed by atoms with Crippen LogP contribution in [0.1, 0.15) is 25.0 Å². The van der Waals surface area contributed by atoms with Gasteiger partial charge < -0.3 is 15.5 Å². The number of rotatable bonds is 6. The number of hydrogen-bond donors (Lipinski definition) is 3. The van der Waals surface area contributed by atoms with Gasteiger partial charge in [-0.25, -0.2) is 4.39 Å². The third kappa shape index (κ3) is 4.87.